The van der Waals surface area contributed by atoms with E-state index in [1.807, 2.05) is 13.8 Å². The molecule has 0 aromatic heterocycles. The van der Waals surface area contributed by atoms with E-state index >= 15 is 0 Å². The van der Waals surface area contributed by atoms with Crippen LogP contribution in [0.5, 0.6) is 11.5 Å². The molecule has 0 radical (unpaired) electrons. The van der Waals surface area contributed by atoms with Crippen LogP contribution in [0.1, 0.15) is 30.6 Å². The molecule has 0 saturated heterocycles. The number of aliphatic carboxylic acids is 1. The van der Waals surface area contributed by atoms with Crippen LogP contribution >= 0.6 is 0 Å². The Bertz CT molecular complexity index is 478. The second-order valence-electron chi connectivity index (χ2n) is 5.05. The molecular weight excluding hydrogens is 262 g/mol. The Hall–Kier alpha value is -2.24. The van der Waals surface area contributed by atoms with Crippen molar-refractivity contribution in [3.05, 3.63) is 23.8 Å². The maximum Gasteiger partial charge on any atom is 0.308 e. The van der Waals surface area contributed by atoms with Crippen LogP contribution in [-0.4, -0.2) is 33.7 Å². The quantitative estimate of drug-likeness (QED) is 0.633. The highest BCUT2D eigenvalue weighted by Crippen LogP contribution is 2.26. The molecule has 6 heteroatoms. The summed E-state index contributed by atoms with van der Waals surface area (Å²) in [6.45, 7) is 3.74. The molecule has 1 rings (SSSR count). The van der Waals surface area contributed by atoms with Gasteiger partial charge in [0.2, 0.25) is 0 Å². The average molecular weight is 281 g/mol. The third-order valence-corrected chi connectivity index (χ3v) is 2.86. The number of hydrogen-bond acceptors (Lipinski definition) is 4. The Morgan fingerprint density at radius 1 is 1.20 bits per heavy atom. The summed E-state index contributed by atoms with van der Waals surface area (Å²) in [6.07, 6.45) is 0.433. The lowest BCUT2D eigenvalue weighted by Crippen LogP contribution is -2.33. The van der Waals surface area contributed by atoms with E-state index in [1.165, 1.54) is 18.2 Å². The highest BCUT2D eigenvalue weighted by atomic mass is 16.4. The minimum Gasteiger partial charge on any atom is -0.507 e. The van der Waals surface area contributed by atoms with Crippen LogP contribution in [0.4, 0.5) is 0 Å². The van der Waals surface area contributed by atoms with Gasteiger partial charge < -0.3 is 20.6 Å². The van der Waals surface area contributed by atoms with Crippen molar-refractivity contribution in [1.82, 2.24) is 5.32 Å². The fraction of sp³-hybridized carbons (Fsp3) is 0.429. The van der Waals surface area contributed by atoms with Crippen molar-refractivity contribution >= 4 is 11.9 Å². The van der Waals surface area contributed by atoms with E-state index < -0.39 is 17.8 Å². The summed E-state index contributed by atoms with van der Waals surface area (Å²) in [6, 6.07) is 3.95. The molecule has 1 atom stereocenters. The topological polar surface area (TPSA) is 107 Å². The summed E-state index contributed by atoms with van der Waals surface area (Å²) >= 11 is 0. The van der Waals surface area contributed by atoms with Gasteiger partial charge in [0.05, 0.1) is 5.92 Å². The van der Waals surface area contributed by atoms with Crippen molar-refractivity contribution in [2.24, 2.45) is 11.8 Å². The van der Waals surface area contributed by atoms with Crippen LogP contribution in [0, 0.1) is 11.8 Å². The standard InChI is InChI=1S/C14H19NO5/c1-8(2)6-9(14(19)20)7-15-13(18)12-10(16)4-3-5-11(12)17/h3-5,8-9,16-17H,6-7H2,1-2H3,(H,15,18)(H,19,20). The van der Waals surface area contributed by atoms with Crippen LogP contribution < -0.4 is 5.32 Å². The molecule has 6 nitrogen and oxygen atoms in total. The number of carbonyl (C=O) groups excluding carboxylic acids is 1. The van der Waals surface area contributed by atoms with Crippen molar-refractivity contribution in [2.75, 3.05) is 6.54 Å². The van der Waals surface area contributed by atoms with E-state index in [4.69, 9.17) is 5.11 Å². The number of nitrogens with one attached hydrogen (secondary N) is 1. The monoisotopic (exact) mass is 281 g/mol. The van der Waals surface area contributed by atoms with Crippen molar-refractivity contribution in [3.63, 3.8) is 0 Å². The molecule has 0 saturated carbocycles. The molecule has 4 N–H and O–H groups in total. The number of carboxylic acids is 1. The molecule has 1 aromatic rings. The molecule has 1 unspecified atom stereocenters. The number of rotatable bonds is 6. The predicted molar refractivity (Wildman–Crippen MR) is 72.7 cm³/mol. The molecule has 1 amide bonds. The Morgan fingerprint density at radius 3 is 2.20 bits per heavy atom. The third kappa shape index (κ3) is 4.15. The van der Waals surface area contributed by atoms with Gasteiger partial charge in [-0.3, -0.25) is 9.59 Å². The Labute approximate surface area is 117 Å². The maximum atomic E-state index is 11.9. The third-order valence-electron chi connectivity index (χ3n) is 2.86. The van der Waals surface area contributed by atoms with Gasteiger partial charge in [0.15, 0.2) is 0 Å². The van der Waals surface area contributed by atoms with E-state index in [-0.39, 0.29) is 29.5 Å². The number of phenolic OH excluding ortho intramolecular Hbond substituents is 2. The molecule has 0 fully saturated rings. The van der Waals surface area contributed by atoms with E-state index in [0.29, 0.717) is 6.42 Å². The minimum absolute atomic E-state index is 0.0554. The number of aromatic hydroxyl groups is 2. The molecular formula is C14H19NO5. The lowest BCUT2D eigenvalue weighted by atomic mass is 9.97. The SMILES string of the molecule is CC(C)CC(CNC(=O)c1c(O)cccc1O)C(=O)O. The number of carbonyl (C=O) groups is 2. The first-order valence-corrected chi connectivity index (χ1v) is 6.34. The van der Waals surface area contributed by atoms with Gasteiger partial charge in [-0.25, -0.2) is 0 Å². The average Bonchev–Trinajstić information content (AvgIpc) is 2.33. The number of hydrogen-bond donors (Lipinski definition) is 4. The molecule has 20 heavy (non-hydrogen) atoms. The molecule has 0 aliphatic carbocycles. The zero-order chi connectivity index (χ0) is 15.3. The summed E-state index contributed by atoms with van der Waals surface area (Å²) in [7, 11) is 0. The number of amides is 1. The number of benzene rings is 1. The fourth-order valence-electron chi connectivity index (χ4n) is 1.91. The lowest BCUT2D eigenvalue weighted by Gasteiger charge is -2.16. The van der Waals surface area contributed by atoms with Crippen molar-refractivity contribution in [1.29, 1.82) is 0 Å². The summed E-state index contributed by atoms with van der Waals surface area (Å²) < 4.78 is 0. The number of carboxylic acid groups (broad SMARTS) is 1. The molecule has 0 spiro atoms. The van der Waals surface area contributed by atoms with E-state index in [9.17, 15) is 19.8 Å². The van der Waals surface area contributed by atoms with Crippen molar-refractivity contribution in [2.45, 2.75) is 20.3 Å². The summed E-state index contributed by atoms with van der Waals surface area (Å²) in [4.78, 5) is 22.9. The van der Waals surface area contributed by atoms with E-state index in [1.54, 1.807) is 0 Å². The van der Waals surface area contributed by atoms with E-state index in [0.717, 1.165) is 0 Å². The van der Waals surface area contributed by atoms with Crippen LogP contribution in [0.15, 0.2) is 18.2 Å². The Balaban J connectivity index is 2.73. The van der Waals surface area contributed by atoms with Gasteiger partial charge >= 0.3 is 5.97 Å². The zero-order valence-corrected chi connectivity index (χ0v) is 11.5. The molecule has 0 aliphatic rings. The van der Waals surface area contributed by atoms with Gasteiger partial charge in [-0.2, -0.15) is 0 Å². The van der Waals surface area contributed by atoms with Crippen LogP contribution in [0.3, 0.4) is 0 Å². The number of phenols is 2. The minimum atomic E-state index is -0.986. The smallest absolute Gasteiger partial charge is 0.308 e. The Kier molecular flexibility index (Phi) is 5.37. The summed E-state index contributed by atoms with van der Waals surface area (Å²) in [5.74, 6) is -2.90. The van der Waals surface area contributed by atoms with Gasteiger partial charge in [-0.1, -0.05) is 19.9 Å². The van der Waals surface area contributed by atoms with Gasteiger partial charge in [-0.15, -0.1) is 0 Å². The van der Waals surface area contributed by atoms with Crippen molar-refractivity contribution < 1.29 is 24.9 Å². The molecule has 0 aliphatic heterocycles. The molecule has 0 heterocycles. The van der Waals surface area contributed by atoms with Gasteiger partial charge in [0.1, 0.15) is 17.1 Å². The lowest BCUT2D eigenvalue weighted by molar-refractivity contribution is -0.142. The summed E-state index contributed by atoms with van der Waals surface area (Å²) in [5.41, 5.74) is -0.249. The highest BCUT2D eigenvalue weighted by Gasteiger charge is 2.22. The van der Waals surface area contributed by atoms with Gasteiger partial charge in [0.25, 0.3) is 5.91 Å². The normalized spacial score (nSPS) is 12.2. The summed E-state index contributed by atoms with van der Waals surface area (Å²) in [5, 5.41) is 30.6. The first-order valence-electron chi connectivity index (χ1n) is 6.34. The van der Waals surface area contributed by atoms with Crippen molar-refractivity contribution in [3.8, 4) is 11.5 Å². The maximum absolute atomic E-state index is 11.9. The van der Waals surface area contributed by atoms with Crippen LogP contribution in [-0.2, 0) is 4.79 Å². The fourth-order valence-corrected chi connectivity index (χ4v) is 1.91. The first kappa shape index (κ1) is 15.8. The molecule has 1 aromatic carbocycles. The van der Waals surface area contributed by atoms with Crippen LogP contribution in [0.25, 0.3) is 0 Å². The molecule has 0 bridgehead atoms. The molecule has 110 valence electrons. The van der Waals surface area contributed by atoms with Gasteiger partial charge in [-0.05, 0) is 24.5 Å². The van der Waals surface area contributed by atoms with Gasteiger partial charge in [0, 0.05) is 6.54 Å². The van der Waals surface area contributed by atoms with Crippen LogP contribution in [0.2, 0.25) is 0 Å². The van der Waals surface area contributed by atoms with E-state index in [2.05, 4.69) is 5.32 Å². The predicted octanol–water partition coefficient (Wildman–Crippen LogP) is 1.57. The Morgan fingerprint density at radius 2 is 1.75 bits per heavy atom. The highest BCUT2D eigenvalue weighted by molar-refractivity contribution is 5.99. The zero-order valence-electron chi connectivity index (χ0n) is 11.5. The first-order chi connectivity index (χ1) is 9.32. The second kappa shape index (κ2) is 6.79. The largest absolute Gasteiger partial charge is 0.507 e. The second-order valence-corrected chi connectivity index (χ2v) is 5.05.